The van der Waals surface area contributed by atoms with Gasteiger partial charge in [-0.05, 0) is 111 Å². The van der Waals surface area contributed by atoms with Crippen LogP contribution < -0.4 is 10.6 Å². The Morgan fingerprint density at radius 1 is 0.917 bits per heavy atom. The molecule has 9 heteroatoms. The van der Waals surface area contributed by atoms with Gasteiger partial charge in [0.2, 0.25) is 5.91 Å². The average molecular weight is 667 g/mol. The van der Waals surface area contributed by atoms with Gasteiger partial charge in [-0.2, -0.15) is 8.42 Å². The van der Waals surface area contributed by atoms with Crippen molar-refractivity contribution in [1.29, 1.82) is 0 Å². The molecule has 0 aliphatic heterocycles. The average Bonchev–Trinajstić information content (AvgIpc) is 3.52. The van der Waals surface area contributed by atoms with Gasteiger partial charge in [-0.15, -0.1) is 0 Å². The second kappa shape index (κ2) is 15.9. The summed E-state index contributed by atoms with van der Waals surface area (Å²) in [5.41, 5.74) is 7.39. The molecule has 8 nitrogen and oxygen atoms in total. The van der Waals surface area contributed by atoms with Crippen LogP contribution >= 0.6 is 0 Å². The number of benzene rings is 3. The Labute approximate surface area is 282 Å². The summed E-state index contributed by atoms with van der Waals surface area (Å²) < 4.78 is 36.8. The summed E-state index contributed by atoms with van der Waals surface area (Å²) in [5.74, 6) is -0.727. The van der Waals surface area contributed by atoms with Gasteiger partial charge < -0.3 is 15.1 Å². The molecule has 2 amide bonds. The maximum atomic E-state index is 13.7. The van der Waals surface area contributed by atoms with E-state index in [2.05, 4.69) is 41.0 Å². The van der Waals surface area contributed by atoms with Gasteiger partial charge in [0.1, 0.15) is 11.3 Å². The van der Waals surface area contributed by atoms with Crippen LogP contribution in [0.4, 0.5) is 0 Å². The molecule has 0 saturated carbocycles. The number of furan rings is 1. The van der Waals surface area contributed by atoms with E-state index in [1.54, 1.807) is 24.3 Å². The van der Waals surface area contributed by atoms with Crippen molar-refractivity contribution in [2.45, 2.75) is 52.4 Å². The minimum absolute atomic E-state index is 0.107. The first-order chi connectivity index (χ1) is 23.0. The number of hydrogen-bond acceptors (Lipinski definition) is 5. The highest BCUT2D eigenvalue weighted by molar-refractivity contribution is 7.85. The Bertz CT molecular complexity index is 1920. The normalized spacial score (nSPS) is 14.8. The molecule has 1 heterocycles. The van der Waals surface area contributed by atoms with E-state index in [1.165, 1.54) is 24.0 Å². The molecule has 1 aliphatic rings. The fourth-order valence-electron chi connectivity index (χ4n) is 5.82. The van der Waals surface area contributed by atoms with Crippen molar-refractivity contribution in [3.05, 3.63) is 131 Å². The molecule has 1 aromatic heterocycles. The summed E-state index contributed by atoms with van der Waals surface area (Å²) in [4.78, 5) is 26.2. The lowest BCUT2D eigenvalue weighted by atomic mass is 9.89. The topological polar surface area (TPSA) is 126 Å². The Balaban J connectivity index is 1.29. The first kappa shape index (κ1) is 34.6. The minimum atomic E-state index is -4.17. The highest BCUT2D eigenvalue weighted by Crippen LogP contribution is 2.28. The fraction of sp³-hybridized carbons (Fsp3) is 0.282. The molecule has 4 aromatic rings. The van der Waals surface area contributed by atoms with Crippen LogP contribution in [0.3, 0.4) is 0 Å². The first-order valence-electron chi connectivity index (χ1n) is 16.3. The zero-order chi connectivity index (χ0) is 34.1. The molecule has 0 spiro atoms. The summed E-state index contributed by atoms with van der Waals surface area (Å²) in [5, 5.41) is 6.61. The molecule has 0 bridgehead atoms. The van der Waals surface area contributed by atoms with Crippen LogP contribution in [-0.2, 0) is 27.8 Å². The molecule has 5 rings (SSSR count). The number of carbonyl (C=O) groups excluding carboxylic acids is 2. The van der Waals surface area contributed by atoms with Gasteiger partial charge in [-0.3, -0.25) is 14.1 Å². The lowest BCUT2D eigenvalue weighted by Gasteiger charge is -2.19. The van der Waals surface area contributed by atoms with Crippen LogP contribution in [-0.4, -0.2) is 37.1 Å². The summed E-state index contributed by atoms with van der Waals surface area (Å²) >= 11 is 0. The zero-order valence-corrected chi connectivity index (χ0v) is 28.2. The van der Waals surface area contributed by atoms with Crippen molar-refractivity contribution in [1.82, 2.24) is 10.6 Å². The van der Waals surface area contributed by atoms with Gasteiger partial charge in [-0.1, -0.05) is 66.7 Å². The SMILES string of the molecule is C/C(=C\C=C(/C)c1cc2ccccc2o1)NC(=O)C(Cc1ccc(C(=O)NCCS(=O)(=O)O)cc1)Cc1ccc(C2=CCCCC2)cc1. The molecular formula is C39H42N2O6S. The van der Waals surface area contributed by atoms with Crippen molar-refractivity contribution in [2.24, 2.45) is 5.92 Å². The standard InChI is InChI=1S/C39H42N2O6S/c1-27(37-26-34-10-6-7-11-36(34)47-37)12-13-28(2)41-39(43)35(24-29-14-18-32(19-15-29)31-8-4-3-5-9-31)25-30-16-20-33(21-17-30)38(42)40-22-23-48(44,45)46/h6-8,10-21,26,35H,3-5,9,22-25H2,1-2H3,(H,40,42)(H,41,43)(H,44,45,46)/b27-12+,28-13+. The van der Waals surface area contributed by atoms with Crippen molar-refractivity contribution >= 4 is 44.0 Å². The Morgan fingerprint density at radius 2 is 1.60 bits per heavy atom. The van der Waals surface area contributed by atoms with Gasteiger partial charge in [-0.25, -0.2) is 0 Å². The second-order valence-electron chi connectivity index (χ2n) is 12.4. The molecular weight excluding hydrogens is 625 g/mol. The third-order valence-corrected chi connectivity index (χ3v) is 9.25. The second-order valence-corrected chi connectivity index (χ2v) is 13.9. The number of fused-ring (bicyclic) bond motifs is 1. The van der Waals surface area contributed by atoms with E-state index in [-0.39, 0.29) is 18.4 Å². The lowest BCUT2D eigenvalue weighted by Crippen LogP contribution is -2.32. The quantitative estimate of drug-likeness (QED) is 0.100. The molecule has 3 N–H and O–H groups in total. The van der Waals surface area contributed by atoms with E-state index in [1.807, 2.05) is 56.3 Å². The molecule has 0 saturated heterocycles. The van der Waals surface area contributed by atoms with Gasteiger partial charge in [0, 0.05) is 29.1 Å². The summed E-state index contributed by atoms with van der Waals surface area (Å²) in [6.07, 6.45) is 11.8. The van der Waals surface area contributed by atoms with E-state index in [9.17, 15) is 18.0 Å². The number of nitrogens with one attached hydrogen (secondary N) is 2. The van der Waals surface area contributed by atoms with Crippen molar-refractivity contribution < 1.29 is 27.0 Å². The molecule has 48 heavy (non-hydrogen) atoms. The van der Waals surface area contributed by atoms with Crippen LogP contribution in [0.15, 0.2) is 107 Å². The van der Waals surface area contributed by atoms with Crippen LogP contribution in [0.25, 0.3) is 22.1 Å². The van der Waals surface area contributed by atoms with E-state index in [4.69, 9.17) is 8.97 Å². The monoisotopic (exact) mass is 666 g/mol. The first-order valence-corrected chi connectivity index (χ1v) is 17.9. The number of rotatable bonds is 13. The van der Waals surface area contributed by atoms with Crippen molar-refractivity contribution in [3.63, 3.8) is 0 Å². The Morgan fingerprint density at radius 3 is 2.25 bits per heavy atom. The molecule has 1 unspecified atom stereocenters. The fourth-order valence-corrected chi connectivity index (χ4v) is 6.18. The highest BCUT2D eigenvalue weighted by Gasteiger charge is 2.21. The van der Waals surface area contributed by atoms with Gasteiger partial charge in [0.15, 0.2) is 0 Å². The van der Waals surface area contributed by atoms with Gasteiger partial charge >= 0.3 is 0 Å². The summed E-state index contributed by atoms with van der Waals surface area (Å²) in [6, 6.07) is 25.3. The smallest absolute Gasteiger partial charge is 0.266 e. The predicted octanol–water partition coefficient (Wildman–Crippen LogP) is 7.53. The minimum Gasteiger partial charge on any atom is -0.456 e. The van der Waals surface area contributed by atoms with Crippen LogP contribution in [0, 0.1) is 5.92 Å². The summed E-state index contributed by atoms with van der Waals surface area (Å²) in [6.45, 7) is 3.63. The third kappa shape index (κ3) is 9.89. The van der Waals surface area contributed by atoms with Crippen LogP contribution in [0.5, 0.6) is 0 Å². The predicted molar refractivity (Wildman–Crippen MR) is 191 cm³/mol. The third-order valence-electron chi connectivity index (χ3n) is 8.53. The molecule has 0 fully saturated rings. The molecule has 250 valence electrons. The summed E-state index contributed by atoms with van der Waals surface area (Å²) in [7, 11) is -4.17. The number of amides is 2. The largest absolute Gasteiger partial charge is 0.456 e. The number of para-hydroxylation sites is 1. The van der Waals surface area contributed by atoms with Gasteiger partial charge in [0.25, 0.3) is 16.0 Å². The van der Waals surface area contributed by atoms with Crippen LogP contribution in [0.2, 0.25) is 0 Å². The van der Waals surface area contributed by atoms with E-state index in [0.717, 1.165) is 46.3 Å². The lowest BCUT2D eigenvalue weighted by molar-refractivity contribution is -0.124. The van der Waals surface area contributed by atoms with Crippen molar-refractivity contribution in [2.75, 3.05) is 12.3 Å². The Hall–Kier alpha value is -4.73. The highest BCUT2D eigenvalue weighted by atomic mass is 32.2. The Kier molecular flexibility index (Phi) is 11.5. The van der Waals surface area contributed by atoms with Crippen molar-refractivity contribution in [3.8, 4) is 0 Å². The van der Waals surface area contributed by atoms with E-state index in [0.29, 0.717) is 24.1 Å². The van der Waals surface area contributed by atoms with Crippen LogP contribution in [0.1, 0.15) is 72.3 Å². The molecule has 1 atom stereocenters. The van der Waals surface area contributed by atoms with Gasteiger partial charge in [0.05, 0.1) is 5.75 Å². The van der Waals surface area contributed by atoms with E-state index >= 15 is 0 Å². The number of carbonyl (C=O) groups is 2. The molecule has 0 radical (unpaired) electrons. The molecule has 1 aliphatic carbocycles. The maximum absolute atomic E-state index is 13.7. The maximum Gasteiger partial charge on any atom is 0.266 e. The van der Waals surface area contributed by atoms with E-state index < -0.39 is 21.8 Å². The molecule has 3 aromatic carbocycles. The number of allylic oxidation sites excluding steroid dienone is 6. The number of hydrogen-bond donors (Lipinski definition) is 3. The zero-order valence-electron chi connectivity index (χ0n) is 27.4.